The maximum absolute atomic E-state index is 14.2. The molecule has 1 N–H and O–H groups in total. The SMILES string of the molecule is CCN(C(=O)C1CCS(=O)(=O)CC1)C(c1ccc(NC2Cc3ccccc3C2(C)C)cn1)C(F)(F)F. The van der Waals surface area contributed by atoms with Gasteiger partial charge in [-0.2, -0.15) is 13.2 Å². The monoisotopic (exact) mass is 523 g/mol. The number of rotatable bonds is 6. The summed E-state index contributed by atoms with van der Waals surface area (Å²) in [5, 5.41) is 3.43. The molecule has 1 fully saturated rings. The number of pyridine rings is 1. The maximum Gasteiger partial charge on any atom is 0.414 e. The molecular weight excluding hydrogens is 491 g/mol. The molecule has 6 nitrogen and oxygen atoms in total. The third-order valence-corrected chi connectivity index (χ3v) is 9.28. The molecule has 1 aromatic carbocycles. The van der Waals surface area contributed by atoms with Crippen LogP contribution in [-0.2, 0) is 26.5 Å². The van der Waals surface area contributed by atoms with Gasteiger partial charge in [0, 0.05) is 23.9 Å². The summed E-state index contributed by atoms with van der Waals surface area (Å²) in [6, 6.07) is 8.94. The van der Waals surface area contributed by atoms with Gasteiger partial charge in [0.1, 0.15) is 9.84 Å². The number of carbonyl (C=O) groups is 1. The van der Waals surface area contributed by atoms with Gasteiger partial charge in [0.25, 0.3) is 0 Å². The molecule has 4 rings (SSSR count). The molecular formula is C26H32F3N3O3S. The Morgan fingerprint density at radius 2 is 1.83 bits per heavy atom. The molecule has 1 saturated heterocycles. The number of fused-ring (bicyclic) bond motifs is 1. The van der Waals surface area contributed by atoms with E-state index < -0.39 is 33.9 Å². The van der Waals surface area contributed by atoms with E-state index in [1.54, 1.807) is 6.07 Å². The number of amides is 1. The number of benzene rings is 1. The summed E-state index contributed by atoms with van der Waals surface area (Å²) in [5.41, 5.74) is 2.67. The molecule has 1 amide bonds. The number of carbonyl (C=O) groups excluding carboxylic acids is 1. The highest BCUT2D eigenvalue weighted by Gasteiger charge is 2.48. The van der Waals surface area contributed by atoms with Crippen LogP contribution in [0.25, 0.3) is 0 Å². The van der Waals surface area contributed by atoms with Crippen LogP contribution < -0.4 is 5.32 Å². The minimum Gasteiger partial charge on any atom is -0.380 e. The van der Waals surface area contributed by atoms with Crippen molar-refractivity contribution in [2.24, 2.45) is 5.92 Å². The number of nitrogens with one attached hydrogen (secondary N) is 1. The van der Waals surface area contributed by atoms with Gasteiger partial charge >= 0.3 is 6.18 Å². The van der Waals surface area contributed by atoms with Crippen LogP contribution in [-0.4, -0.2) is 54.5 Å². The smallest absolute Gasteiger partial charge is 0.380 e. The predicted octanol–water partition coefficient (Wildman–Crippen LogP) is 4.67. The van der Waals surface area contributed by atoms with Gasteiger partial charge in [-0.05, 0) is 49.4 Å². The van der Waals surface area contributed by atoms with E-state index in [9.17, 15) is 26.4 Å². The summed E-state index contributed by atoms with van der Waals surface area (Å²) in [6.45, 7) is 5.60. The Morgan fingerprint density at radius 1 is 1.17 bits per heavy atom. The summed E-state index contributed by atoms with van der Waals surface area (Å²) in [5.74, 6) is -1.79. The van der Waals surface area contributed by atoms with Crippen molar-refractivity contribution in [2.45, 2.75) is 63.7 Å². The lowest BCUT2D eigenvalue weighted by Gasteiger charge is -2.35. The Balaban J connectivity index is 1.53. The highest BCUT2D eigenvalue weighted by Crippen LogP contribution is 2.41. The molecule has 2 aliphatic rings. The molecule has 2 aromatic rings. The molecule has 2 atom stereocenters. The third kappa shape index (κ3) is 5.23. The molecule has 1 aliphatic heterocycles. The average Bonchev–Trinajstić information content (AvgIpc) is 3.06. The molecule has 196 valence electrons. The van der Waals surface area contributed by atoms with Crippen molar-refractivity contribution in [1.82, 2.24) is 9.88 Å². The minimum absolute atomic E-state index is 0.0398. The quantitative estimate of drug-likeness (QED) is 0.595. The molecule has 0 radical (unpaired) electrons. The first-order valence-electron chi connectivity index (χ1n) is 12.2. The van der Waals surface area contributed by atoms with Gasteiger partial charge < -0.3 is 10.2 Å². The van der Waals surface area contributed by atoms with Crippen LogP contribution in [0.5, 0.6) is 0 Å². The Kier molecular flexibility index (Phi) is 7.11. The number of nitrogens with zero attached hydrogens (tertiary/aromatic N) is 2. The Morgan fingerprint density at radius 3 is 2.39 bits per heavy atom. The molecule has 0 spiro atoms. The van der Waals surface area contributed by atoms with E-state index in [1.807, 2.05) is 12.1 Å². The number of halogens is 3. The van der Waals surface area contributed by atoms with E-state index in [4.69, 9.17) is 0 Å². The zero-order valence-electron chi connectivity index (χ0n) is 20.7. The van der Waals surface area contributed by atoms with Crippen molar-refractivity contribution >= 4 is 21.4 Å². The lowest BCUT2D eigenvalue weighted by Crippen LogP contribution is -2.46. The molecule has 36 heavy (non-hydrogen) atoms. The summed E-state index contributed by atoms with van der Waals surface area (Å²) in [6.07, 6.45) is -2.47. The van der Waals surface area contributed by atoms with E-state index in [0.29, 0.717) is 5.69 Å². The Bertz CT molecular complexity index is 1200. The highest BCUT2D eigenvalue weighted by molar-refractivity contribution is 7.91. The fourth-order valence-corrected chi connectivity index (χ4v) is 6.91. The van der Waals surface area contributed by atoms with Crippen molar-refractivity contribution in [3.05, 3.63) is 59.4 Å². The van der Waals surface area contributed by atoms with E-state index in [0.717, 1.165) is 11.3 Å². The van der Waals surface area contributed by atoms with Crippen LogP contribution in [0.2, 0.25) is 0 Å². The summed E-state index contributed by atoms with van der Waals surface area (Å²) >= 11 is 0. The molecule has 2 unspecified atom stereocenters. The molecule has 1 aromatic heterocycles. The van der Waals surface area contributed by atoms with Crippen LogP contribution >= 0.6 is 0 Å². The van der Waals surface area contributed by atoms with E-state index in [1.165, 1.54) is 30.3 Å². The second-order valence-corrected chi connectivity index (χ2v) is 12.5. The zero-order chi connectivity index (χ0) is 26.3. The van der Waals surface area contributed by atoms with Crippen LogP contribution in [0.15, 0.2) is 42.6 Å². The molecule has 1 aliphatic carbocycles. The topological polar surface area (TPSA) is 79.4 Å². The van der Waals surface area contributed by atoms with Crippen LogP contribution in [0.3, 0.4) is 0 Å². The van der Waals surface area contributed by atoms with Crippen molar-refractivity contribution in [1.29, 1.82) is 0 Å². The minimum atomic E-state index is -4.73. The number of hydrogen-bond donors (Lipinski definition) is 1. The Hall–Kier alpha value is -2.62. The summed E-state index contributed by atoms with van der Waals surface area (Å²) < 4.78 is 66.1. The van der Waals surface area contributed by atoms with Gasteiger partial charge in [-0.1, -0.05) is 38.1 Å². The van der Waals surface area contributed by atoms with Gasteiger partial charge in [0.15, 0.2) is 6.04 Å². The summed E-state index contributed by atoms with van der Waals surface area (Å²) in [7, 11) is -3.24. The van der Waals surface area contributed by atoms with Crippen LogP contribution in [0.4, 0.5) is 18.9 Å². The number of alkyl halides is 3. The number of sulfone groups is 1. The fourth-order valence-electron chi connectivity index (χ4n) is 5.42. The largest absolute Gasteiger partial charge is 0.414 e. The first kappa shape index (κ1) is 26.4. The molecule has 10 heteroatoms. The Labute approximate surface area is 210 Å². The molecule has 2 heterocycles. The van der Waals surface area contributed by atoms with Gasteiger partial charge in [-0.3, -0.25) is 9.78 Å². The van der Waals surface area contributed by atoms with E-state index in [2.05, 4.69) is 36.3 Å². The second kappa shape index (κ2) is 9.68. The third-order valence-electron chi connectivity index (χ3n) is 7.56. The van der Waals surface area contributed by atoms with Gasteiger partial charge in [-0.15, -0.1) is 0 Å². The lowest BCUT2D eigenvalue weighted by atomic mass is 9.83. The lowest BCUT2D eigenvalue weighted by molar-refractivity contribution is -0.194. The second-order valence-electron chi connectivity index (χ2n) is 10.2. The molecule has 0 bridgehead atoms. The van der Waals surface area contributed by atoms with E-state index in [-0.39, 0.29) is 48.0 Å². The number of hydrogen-bond acceptors (Lipinski definition) is 5. The summed E-state index contributed by atoms with van der Waals surface area (Å²) in [4.78, 5) is 18.0. The molecule has 0 saturated carbocycles. The first-order chi connectivity index (χ1) is 16.8. The van der Waals surface area contributed by atoms with Crippen LogP contribution in [0.1, 0.15) is 56.5 Å². The van der Waals surface area contributed by atoms with E-state index >= 15 is 0 Å². The fraction of sp³-hybridized carbons (Fsp3) is 0.538. The van der Waals surface area contributed by atoms with Crippen molar-refractivity contribution < 1.29 is 26.4 Å². The normalized spacial score (nSPS) is 22.0. The number of aromatic nitrogens is 1. The zero-order valence-corrected chi connectivity index (χ0v) is 21.5. The van der Waals surface area contributed by atoms with Crippen molar-refractivity contribution in [3.63, 3.8) is 0 Å². The van der Waals surface area contributed by atoms with Crippen LogP contribution in [0, 0.1) is 5.92 Å². The average molecular weight is 524 g/mol. The maximum atomic E-state index is 14.2. The van der Waals surface area contributed by atoms with Crippen molar-refractivity contribution in [3.8, 4) is 0 Å². The first-order valence-corrected chi connectivity index (χ1v) is 14.0. The van der Waals surface area contributed by atoms with Crippen molar-refractivity contribution in [2.75, 3.05) is 23.4 Å². The standard InChI is InChI=1S/C26H32F3N3O3S/c1-4-32(24(33)17-11-13-36(34,35)14-12-17)23(26(27,28)29)21-10-9-19(16-30-21)31-22-15-18-7-5-6-8-20(18)25(22,2)3/h5-10,16-17,22-23,31H,4,11-15H2,1-3H3. The number of anilines is 1. The highest BCUT2D eigenvalue weighted by atomic mass is 32.2. The predicted molar refractivity (Wildman–Crippen MR) is 132 cm³/mol. The van der Waals surface area contributed by atoms with Gasteiger partial charge in [0.05, 0.1) is 29.1 Å². The van der Waals surface area contributed by atoms with Gasteiger partial charge in [-0.25, -0.2) is 8.42 Å². The van der Waals surface area contributed by atoms with Gasteiger partial charge in [0.2, 0.25) is 5.91 Å².